The molecule has 15 heavy (non-hydrogen) atoms. The SMILES string of the molecule is CC(=O)[C@@H](C)NC(=O)OC1CCOCC1. The third kappa shape index (κ3) is 4.29. The van der Waals surface area contributed by atoms with Gasteiger partial charge in [-0.25, -0.2) is 4.79 Å². The van der Waals surface area contributed by atoms with Crippen LogP contribution in [0.2, 0.25) is 0 Å². The van der Waals surface area contributed by atoms with Crippen LogP contribution in [-0.4, -0.2) is 37.2 Å². The number of amides is 1. The molecule has 0 unspecified atom stereocenters. The number of carbonyl (C=O) groups excluding carboxylic acids is 2. The summed E-state index contributed by atoms with van der Waals surface area (Å²) in [4.78, 5) is 22.2. The molecule has 1 rings (SSSR count). The molecule has 1 amide bonds. The van der Waals surface area contributed by atoms with Crippen molar-refractivity contribution < 1.29 is 19.1 Å². The van der Waals surface area contributed by atoms with Gasteiger partial charge in [0.05, 0.1) is 19.3 Å². The number of rotatable bonds is 3. The molecule has 0 bridgehead atoms. The Hall–Kier alpha value is -1.10. The lowest BCUT2D eigenvalue weighted by molar-refractivity contribution is -0.118. The van der Waals surface area contributed by atoms with E-state index in [1.807, 2.05) is 0 Å². The Kier molecular flexibility index (Phi) is 4.55. The Morgan fingerprint density at radius 1 is 1.40 bits per heavy atom. The van der Waals surface area contributed by atoms with Gasteiger partial charge in [0.2, 0.25) is 0 Å². The maximum atomic E-state index is 11.3. The van der Waals surface area contributed by atoms with Crippen molar-refractivity contribution in [2.75, 3.05) is 13.2 Å². The molecule has 1 aliphatic heterocycles. The van der Waals surface area contributed by atoms with Crippen LogP contribution < -0.4 is 5.32 Å². The van der Waals surface area contributed by atoms with Crippen LogP contribution >= 0.6 is 0 Å². The first-order valence-corrected chi connectivity index (χ1v) is 5.15. The van der Waals surface area contributed by atoms with Gasteiger partial charge in [0.1, 0.15) is 6.10 Å². The maximum Gasteiger partial charge on any atom is 0.407 e. The Morgan fingerprint density at radius 3 is 2.53 bits per heavy atom. The van der Waals surface area contributed by atoms with E-state index >= 15 is 0 Å². The number of ether oxygens (including phenoxy) is 2. The van der Waals surface area contributed by atoms with Crippen molar-refractivity contribution in [2.45, 2.75) is 38.8 Å². The molecule has 1 atom stereocenters. The molecule has 0 aromatic rings. The van der Waals surface area contributed by atoms with Crippen molar-refractivity contribution in [2.24, 2.45) is 0 Å². The summed E-state index contributed by atoms with van der Waals surface area (Å²) in [5, 5.41) is 2.48. The number of hydrogen-bond acceptors (Lipinski definition) is 4. The van der Waals surface area contributed by atoms with E-state index in [9.17, 15) is 9.59 Å². The molecule has 1 saturated heterocycles. The molecule has 86 valence electrons. The van der Waals surface area contributed by atoms with E-state index in [0.29, 0.717) is 13.2 Å². The number of hydrogen-bond donors (Lipinski definition) is 1. The van der Waals surface area contributed by atoms with Gasteiger partial charge in [-0.2, -0.15) is 0 Å². The second kappa shape index (κ2) is 5.70. The summed E-state index contributed by atoms with van der Waals surface area (Å²) in [5.41, 5.74) is 0. The average Bonchev–Trinajstić information content (AvgIpc) is 2.18. The first-order valence-electron chi connectivity index (χ1n) is 5.15. The maximum absolute atomic E-state index is 11.3. The van der Waals surface area contributed by atoms with E-state index in [-0.39, 0.29) is 11.9 Å². The number of alkyl carbamates (subject to hydrolysis) is 1. The molecule has 0 aromatic heterocycles. The monoisotopic (exact) mass is 215 g/mol. The summed E-state index contributed by atoms with van der Waals surface area (Å²) in [6.45, 7) is 4.31. The first kappa shape index (κ1) is 12.0. The van der Waals surface area contributed by atoms with Gasteiger partial charge in [0.25, 0.3) is 0 Å². The Morgan fingerprint density at radius 2 is 2.00 bits per heavy atom. The molecule has 1 fully saturated rings. The van der Waals surface area contributed by atoms with Crippen LogP contribution in [0.15, 0.2) is 0 Å². The van der Waals surface area contributed by atoms with Crippen LogP contribution in [0.25, 0.3) is 0 Å². The second-order valence-electron chi connectivity index (χ2n) is 3.69. The van der Waals surface area contributed by atoms with Crippen molar-refractivity contribution in [3.8, 4) is 0 Å². The van der Waals surface area contributed by atoms with Crippen molar-refractivity contribution in [3.63, 3.8) is 0 Å². The summed E-state index contributed by atoms with van der Waals surface area (Å²) in [5.74, 6) is -0.0843. The van der Waals surface area contributed by atoms with Gasteiger partial charge in [-0.1, -0.05) is 0 Å². The minimum absolute atomic E-state index is 0.0843. The predicted molar refractivity (Wildman–Crippen MR) is 53.6 cm³/mol. The van der Waals surface area contributed by atoms with Crippen molar-refractivity contribution >= 4 is 11.9 Å². The zero-order valence-corrected chi connectivity index (χ0v) is 9.12. The molecule has 1 N–H and O–H groups in total. The van der Waals surface area contributed by atoms with Gasteiger partial charge < -0.3 is 14.8 Å². The van der Waals surface area contributed by atoms with Crippen LogP contribution in [0, 0.1) is 0 Å². The molecule has 1 heterocycles. The van der Waals surface area contributed by atoms with E-state index in [4.69, 9.17) is 9.47 Å². The normalized spacial score (nSPS) is 19.3. The molecule has 1 aliphatic rings. The standard InChI is InChI=1S/C10H17NO4/c1-7(8(2)12)11-10(13)15-9-3-5-14-6-4-9/h7,9H,3-6H2,1-2H3,(H,11,13)/t7-/m1/s1. The van der Waals surface area contributed by atoms with Crippen LogP contribution in [0.3, 0.4) is 0 Å². The highest BCUT2D eigenvalue weighted by atomic mass is 16.6. The fourth-order valence-electron chi connectivity index (χ4n) is 1.26. The smallest absolute Gasteiger partial charge is 0.407 e. The molecule has 5 nitrogen and oxygen atoms in total. The fourth-order valence-corrected chi connectivity index (χ4v) is 1.26. The molecule has 5 heteroatoms. The van der Waals surface area contributed by atoms with E-state index in [1.165, 1.54) is 6.92 Å². The zero-order chi connectivity index (χ0) is 11.3. The van der Waals surface area contributed by atoms with E-state index < -0.39 is 12.1 Å². The highest BCUT2D eigenvalue weighted by molar-refractivity contribution is 5.84. The number of carbonyl (C=O) groups is 2. The van der Waals surface area contributed by atoms with Crippen LogP contribution in [-0.2, 0) is 14.3 Å². The number of Topliss-reactive ketones (excluding diaryl/α,β-unsaturated/α-hetero) is 1. The zero-order valence-electron chi connectivity index (χ0n) is 9.12. The molecule has 0 saturated carbocycles. The van der Waals surface area contributed by atoms with Gasteiger partial charge in [-0.05, 0) is 13.8 Å². The highest BCUT2D eigenvalue weighted by Crippen LogP contribution is 2.10. The summed E-state index contributed by atoms with van der Waals surface area (Å²) in [6.07, 6.45) is 0.839. The van der Waals surface area contributed by atoms with E-state index in [0.717, 1.165) is 12.8 Å². The van der Waals surface area contributed by atoms with Gasteiger partial charge in [-0.3, -0.25) is 4.79 Å². The average molecular weight is 215 g/mol. The molecule has 0 aliphatic carbocycles. The fraction of sp³-hybridized carbons (Fsp3) is 0.800. The van der Waals surface area contributed by atoms with Crippen molar-refractivity contribution in [3.05, 3.63) is 0 Å². The lowest BCUT2D eigenvalue weighted by Gasteiger charge is -2.23. The van der Waals surface area contributed by atoms with Gasteiger partial charge >= 0.3 is 6.09 Å². The largest absolute Gasteiger partial charge is 0.446 e. The molecular weight excluding hydrogens is 198 g/mol. The lowest BCUT2D eigenvalue weighted by atomic mass is 10.2. The van der Waals surface area contributed by atoms with Crippen LogP contribution in [0.5, 0.6) is 0 Å². The lowest BCUT2D eigenvalue weighted by Crippen LogP contribution is -2.40. The number of nitrogens with one attached hydrogen (secondary N) is 1. The summed E-state index contributed by atoms with van der Waals surface area (Å²) >= 11 is 0. The summed E-state index contributed by atoms with van der Waals surface area (Å²) in [7, 11) is 0. The molecular formula is C10H17NO4. The first-order chi connectivity index (χ1) is 7.09. The van der Waals surface area contributed by atoms with Gasteiger partial charge in [0.15, 0.2) is 5.78 Å². The molecule has 0 spiro atoms. The van der Waals surface area contributed by atoms with Gasteiger partial charge in [0, 0.05) is 12.8 Å². The van der Waals surface area contributed by atoms with Crippen LogP contribution in [0.4, 0.5) is 4.79 Å². The summed E-state index contributed by atoms with van der Waals surface area (Å²) < 4.78 is 10.3. The molecule has 0 aromatic carbocycles. The van der Waals surface area contributed by atoms with E-state index in [1.54, 1.807) is 6.92 Å². The molecule has 0 radical (unpaired) electrons. The third-order valence-electron chi connectivity index (χ3n) is 2.39. The van der Waals surface area contributed by atoms with Crippen molar-refractivity contribution in [1.82, 2.24) is 5.32 Å². The van der Waals surface area contributed by atoms with Crippen molar-refractivity contribution in [1.29, 1.82) is 0 Å². The Balaban J connectivity index is 2.25. The predicted octanol–water partition coefficient (Wildman–Crippen LogP) is 0.869. The minimum Gasteiger partial charge on any atom is -0.446 e. The Bertz CT molecular complexity index is 236. The highest BCUT2D eigenvalue weighted by Gasteiger charge is 2.19. The van der Waals surface area contributed by atoms with Gasteiger partial charge in [-0.15, -0.1) is 0 Å². The second-order valence-corrected chi connectivity index (χ2v) is 3.69. The number of ketones is 1. The third-order valence-corrected chi connectivity index (χ3v) is 2.39. The topological polar surface area (TPSA) is 64.6 Å². The Labute approximate surface area is 89.1 Å². The summed E-state index contributed by atoms with van der Waals surface area (Å²) in [6, 6.07) is -0.489. The van der Waals surface area contributed by atoms with Crippen LogP contribution in [0.1, 0.15) is 26.7 Å². The quantitative estimate of drug-likeness (QED) is 0.758. The minimum atomic E-state index is -0.524. The van der Waals surface area contributed by atoms with E-state index in [2.05, 4.69) is 5.32 Å².